The van der Waals surface area contributed by atoms with Crippen LogP contribution in [0.3, 0.4) is 0 Å². The number of nitrogen functional groups attached to an aromatic ring is 1. The number of hydrogen-bond donors (Lipinski definition) is 2. The van der Waals surface area contributed by atoms with Crippen LogP contribution in [0.15, 0.2) is 40.1 Å². The summed E-state index contributed by atoms with van der Waals surface area (Å²) in [5.74, 6) is 0.441. The minimum atomic E-state index is -0.676. The first-order valence-corrected chi connectivity index (χ1v) is 13.6. The standard InChI is InChI=1S/C27H31Cl2FN6O2/c1-15-13-36(27-21(29)10-19(11-32-27)33-24-23(31)25(37)26(24)38)16(2)12-35(15)20-5-7-34(8-6-20)14-17-3-4-18(28)9-22(17)30/h3-4,9-11,15-16,20,33H,5-8,12-14,31H2,1-2H3/t15-,16+/m0/s1. The van der Waals surface area contributed by atoms with Crippen LogP contribution in [0.4, 0.5) is 27.3 Å². The molecule has 0 saturated carbocycles. The van der Waals surface area contributed by atoms with Gasteiger partial charge in [0, 0.05) is 48.3 Å². The van der Waals surface area contributed by atoms with Crippen molar-refractivity contribution in [1.29, 1.82) is 0 Å². The van der Waals surface area contributed by atoms with Crippen molar-refractivity contribution in [3.63, 3.8) is 0 Å². The van der Waals surface area contributed by atoms with Crippen molar-refractivity contribution in [1.82, 2.24) is 14.8 Å². The molecule has 3 aromatic rings. The topological polar surface area (TPSA) is 94.8 Å². The van der Waals surface area contributed by atoms with Crippen LogP contribution >= 0.6 is 23.2 Å². The highest BCUT2D eigenvalue weighted by atomic mass is 35.5. The first-order chi connectivity index (χ1) is 18.1. The number of piperidine rings is 1. The Hall–Kier alpha value is -2.72. The van der Waals surface area contributed by atoms with E-state index < -0.39 is 10.9 Å². The fraction of sp³-hybridized carbons (Fsp3) is 0.444. The molecule has 0 aliphatic carbocycles. The maximum Gasteiger partial charge on any atom is 0.253 e. The van der Waals surface area contributed by atoms with E-state index in [1.807, 2.05) is 0 Å². The average molecular weight is 561 g/mol. The lowest BCUT2D eigenvalue weighted by Crippen LogP contribution is -2.61. The Kier molecular flexibility index (Phi) is 7.64. The molecule has 3 N–H and O–H groups in total. The van der Waals surface area contributed by atoms with Crippen molar-refractivity contribution in [2.45, 2.75) is 51.4 Å². The van der Waals surface area contributed by atoms with Gasteiger partial charge in [0.05, 0.1) is 16.9 Å². The summed E-state index contributed by atoms with van der Waals surface area (Å²) in [6, 6.07) is 7.56. The Bertz CT molecular complexity index is 1400. The third-order valence-electron chi connectivity index (χ3n) is 7.78. The number of piperazine rings is 1. The first-order valence-electron chi connectivity index (χ1n) is 12.8. The summed E-state index contributed by atoms with van der Waals surface area (Å²) in [6.45, 7) is 8.50. The van der Waals surface area contributed by atoms with Gasteiger partial charge in [-0.05, 0) is 58.0 Å². The molecule has 2 aromatic carbocycles. The van der Waals surface area contributed by atoms with E-state index in [1.165, 1.54) is 6.07 Å². The molecule has 8 nitrogen and oxygen atoms in total. The molecule has 5 rings (SSSR count). The minimum Gasteiger partial charge on any atom is -0.394 e. The van der Waals surface area contributed by atoms with Gasteiger partial charge in [0.2, 0.25) is 0 Å². The molecule has 2 aliphatic heterocycles. The zero-order valence-corrected chi connectivity index (χ0v) is 22.9. The van der Waals surface area contributed by atoms with Gasteiger partial charge in [-0.15, -0.1) is 0 Å². The summed E-state index contributed by atoms with van der Waals surface area (Å²) < 4.78 is 14.2. The molecule has 202 valence electrons. The summed E-state index contributed by atoms with van der Waals surface area (Å²) in [4.78, 5) is 34.8. The van der Waals surface area contributed by atoms with Crippen LogP contribution in [0.25, 0.3) is 0 Å². The molecule has 38 heavy (non-hydrogen) atoms. The number of pyridine rings is 1. The number of anilines is 4. The van der Waals surface area contributed by atoms with E-state index in [2.05, 4.69) is 38.8 Å². The van der Waals surface area contributed by atoms with Crippen molar-refractivity contribution in [2.75, 3.05) is 42.1 Å². The molecular formula is C27H31Cl2FN6O2. The minimum absolute atomic E-state index is 0.0725. The van der Waals surface area contributed by atoms with E-state index in [1.54, 1.807) is 24.4 Å². The summed E-state index contributed by atoms with van der Waals surface area (Å²) in [5.41, 5.74) is 5.49. The quantitative estimate of drug-likeness (QED) is 0.436. The van der Waals surface area contributed by atoms with Gasteiger partial charge in [0.25, 0.3) is 10.9 Å². The number of halogens is 3. The Morgan fingerprint density at radius 2 is 1.82 bits per heavy atom. The molecule has 2 saturated heterocycles. The van der Waals surface area contributed by atoms with Crippen LogP contribution < -0.4 is 26.8 Å². The number of nitrogens with two attached hydrogens (primary N) is 1. The Morgan fingerprint density at radius 1 is 1.08 bits per heavy atom. The van der Waals surface area contributed by atoms with E-state index in [-0.39, 0.29) is 23.2 Å². The molecule has 3 heterocycles. The smallest absolute Gasteiger partial charge is 0.253 e. The van der Waals surface area contributed by atoms with E-state index in [0.29, 0.717) is 45.7 Å². The first kappa shape index (κ1) is 26.9. The average Bonchev–Trinajstić information content (AvgIpc) is 2.90. The zero-order chi connectivity index (χ0) is 27.1. The van der Waals surface area contributed by atoms with Crippen LogP contribution in [0.5, 0.6) is 0 Å². The SMILES string of the molecule is C[C@@H]1CN(C2CCN(Cc3ccc(Cl)cc3F)CC2)[C@@H](C)CN1c1ncc(Nc2c(N)c(=O)c2=O)cc1Cl. The number of nitrogens with zero attached hydrogens (tertiary/aromatic N) is 4. The maximum absolute atomic E-state index is 14.2. The molecular weight excluding hydrogens is 530 g/mol. The monoisotopic (exact) mass is 560 g/mol. The van der Waals surface area contributed by atoms with Crippen molar-refractivity contribution < 1.29 is 4.39 Å². The van der Waals surface area contributed by atoms with Crippen molar-refractivity contribution in [3.8, 4) is 0 Å². The summed E-state index contributed by atoms with van der Waals surface area (Å²) in [7, 11) is 0. The lowest BCUT2D eigenvalue weighted by Gasteiger charge is -2.49. The summed E-state index contributed by atoms with van der Waals surface area (Å²) in [5, 5.41) is 3.73. The molecule has 0 radical (unpaired) electrons. The van der Waals surface area contributed by atoms with Crippen LogP contribution in [-0.2, 0) is 6.54 Å². The highest BCUT2D eigenvalue weighted by Gasteiger charge is 2.36. The zero-order valence-electron chi connectivity index (χ0n) is 21.4. The van der Waals surface area contributed by atoms with Crippen LogP contribution in [0.1, 0.15) is 32.3 Å². The van der Waals surface area contributed by atoms with Crippen LogP contribution in [-0.4, -0.2) is 59.1 Å². The number of likely N-dealkylation sites (tertiary alicyclic amines) is 1. The number of aromatic nitrogens is 1. The van der Waals surface area contributed by atoms with E-state index in [9.17, 15) is 14.0 Å². The number of benzene rings is 1. The summed E-state index contributed by atoms with van der Waals surface area (Å²) in [6.07, 6.45) is 3.66. The van der Waals surface area contributed by atoms with Gasteiger partial charge in [0.15, 0.2) is 0 Å². The largest absolute Gasteiger partial charge is 0.394 e. The second-order valence-electron chi connectivity index (χ2n) is 10.4. The molecule has 0 unspecified atom stereocenters. The second kappa shape index (κ2) is 10.8. The van der Waals surface area contributed by atoms with Gasteiger partial charge in [-0.1, -0.05) is 29.3 Å². The third-order valence-corrected chi connectivity index (χ3v) is 8.29. The Labute approximate surface area is 230 Å². The number of nitrogens with one attached hydrogen (secondary N) is 1. The lowest BCUT2D eigenvalue weighted by molar-refractivity contribution is 0.0583. The predicted molar refractivity (Wildman–Crippen MR) is 151 cm³/mol. The van der Waals surface area contributed by atoms with Crippen LogP contribution in [0.2, 0.25) is 10.0 Å². The fourth-order valence-electron chi connectivity index (χ4n) is 5.65. The highest BCUT2D eigenvalue weighted by Crippen LogP contribution is 2.33. The van der Waals surface area contributed by atoms with E-state index in [4.69, 9.17) is 28.9 Å². The van der Waals surface area contributed by atoms with Gasteiger partial charge >= 0.3 is 0 Å². The lowest BCUT2D eigenvalue weighted by atomic mass is 9.97. The van der Waals surface area contributed by atoms with Crippen molar-refractivity contribution in [3.05, 3.63) is 72.3 Å². The molecule has 11 heteroatoms. The van der Waals surface area contributed by atoms with Crippen molar-refractivity contribution >= 4 is 46.1 Å². The maximum atomic E-state index is 14.2. The molecule has 2 aliphatic rings. The Morgan fingerprint density at radius 3 is 2.47 bits per heavy atom. The summed E-state index contributed by atoms with van der Waals surface area (Å²) >= 11 is 12.5. The van der Waals surface area contributed by atoms with Gasteiger partial charge in [-0.25, -0.2) is 9.37 Å². The predicted octanol–water partition coefficient (Wildman–Crippen LogP) is 4.01. The normalized spacial score (nSPS) is 21.8. The third kappa shape index (κ3) is 5.25. The fourth-order valence-corrected chi connectivity index (χ4v) is 6.08. The van der Waals surface area contributed by atoms with Gasteiger partial charge < -0.3 is 16.0 Å². The van der Waals surface area contributed by atoms with E-state index in [0.717, 1.165) is 39.0 Å². The second-order valence-corrected chi connectivity index (χ2v) is 11.2. The molecule has 2 atom stereocenters. The molecule has 0 bridgehead atoms. The molecule has 0 spiro atoms. The van der Waals surface area contributed by atoms with Gasteiger partial charge in [-0.2, -0.15) is 0 Å². The Balaban J connectivity index is 1.19. The van der Waals surface area contributed by atoms with E-state index >= 15 is 0 Å². The van der Waals surface area contributed by atoms with Crippen LogP contribution in [0, 0.1) is 5.82 Å². The molecule has 1 aromatic heterocycles. The highest BCUT2D eigenvalue weighted by molar-refractivity contribution is 6.33. The van der Waals surface area contributed by atoms with Crippen molar-refractivity contribution in [2.24, 2.45) is 0 Å². The van der Waals surface area contributed by atoms with Gasteiger partial charge in [0.1, 0.15) is 23.0 Å². The van der Waals surface area contributed by atoms with Gasteiger partial charge in [-0.3, -0.25) is 19.4 Å². The number of rotatable bonds is 6. The molecule has 2 fully saturated rings. The number of hydrogen-bond acceptors (Lipinski definition) is 8. The molecule has 0 amide bonds.